The monoisotopic (exact) mass is 362 g/mol. The molecule has 27 heavy (non-hydrogen) atoms. The highest BCUT2D eigenvalue weighted by molar-refractivity contribution is 5.56. The van der Waals surface area contributed by atoms with E-state index in [-0.39, 0.29) is 5.75 Å². The first-order valence-electron chi connectivity index (χ1n) is 8.45. The van der Waals surface area contributed by atoms with Crippen molar-refractivity contribution in [3.05, 3.63) is 77.9 Å². The first-order chi connectivity index (χ1) is 12.9. The highest BCUT2D eigenvalue weighted by Crippen LogP contribution is 2.24. The maximum Gasteiger partial charge on any atom is 0.165 e. The van der Waals surface area contributed by atoms with Crippen molar-refractivity contribution in [3.8, 4) is 29.0 Å². The van der Waals surface area contributed by atoms with Crippen LogP contribution in [0.25, 0.3) is 11.4 Å². The SMILES string of the molecule is CC(C)(O)C#Cc1cnc(-c2ccc(OCc3ccccc3)c(F)c2)nc1. The fourth-order valence-corrected chi connectivity index (χ4v) is 2.26. The van der Waals surface area contributed by atoms with Gasteiger partial charge in [0.25, 0.3) is 0 Å². The van der Waals surface area contributed by atoms with Crippen LogP contribution < -0.4 is 4.74 Å². The van der Waals surface area contributed by atoms with Crippen LogP contribution in [0.1, 0.15) is 25.0 Å². The largest absolute Gasteiger partial charge is 0.486 e. The van der Waals surface area contributed by atoms with Gasteiger partial charge in [0.1, 0.15) is 12.2 Å². The zero-order valence-corrected chi connectivity index (χ0v) is 15.1. The molecule has 0 aliphatic heterocycles. The van der Waals surface area contributed by atoms with Gasteiger partial charge in [0.2, 0.25) is 0 Å². The summed E-state index contributed by atoms with van der Waals surface area (Å²) in [6.45, 7) is 3.49. The van der Waals surface area contributed by atoms with E-state index in [4.69, 9.17) is 4.74 Å². The Balaban J connectivity index is 1.72. The van der Waals surface area contributed by atoms with Crippen LogP contribution >= 0.6 is 0 Å². The lowest BCUT2D eigenvalue weighted by Gasteiger charge is -2.08. The lowest BCUT2D eigenvalue weighted by atomic mass is 10.1. The fraction of sp³-hybridized carbons (Fsp3) is 0.182. The summed E-state index contributed by atoms with van der Waals surface area (Å²) in [6.07, 6.45) is 3.08. The lowest BCUT2D eigenvalue weighted by molar-refractivity contribution is 0.143. The number of aromatic nitrogens is 2. The predicted octanol–water partition coefficient (Wildman–Crippen LogP) is 3.98. The molecule has 0 aliphatic rings. The van der Waals surface area contributed by atoms with Gasteiger partial charge in [0.05, 0.1) is 5.56 Å². The van der Waals surface area contributed by atoms with Crippen LogP contribution in [0.15, 0.2) is 60.9 Å². The molecule has 0 amide bonds. The number of halogens is 1. The third-order valence-electron chi connectivity index (χ3n) is 3.59. The Morgan fingerprint density at radius 3 is 2.41 bits per heavy atom. The molecule has 1 N–H and O–H groups in total. The van der Waals surface area contributed by atoms with Gasteiger partial charge in [-0.15, -0.1) is 0 Å². The van der Waals surface area contributed by atoms with E-state index in [9.17, 15) is 9.50 Å². The summed E-state index contributed by atoms with van der Waals surface area (Å²) >= 11 is 0. The smallest absolute Gasteiger partial charge is 0.165 e. The van der Waals surface area contributed by atoms with Crippen molar-refractivity contribution in [1.29, 1.82) is 0 Å². The number of rotatable bonds is 4. The van der Waals surface area contributed by atoms with Crippen LogP contribution in [0, 0.1) is 17.7 Å². The zero-order chi connectivity index (χ0) is 19.3. The van der Waals surface area contributed by atoms with E-state index < -0.39 is 11.4 Å². The van der Waals surface area contributed by atoms with Crippen LogP contribution in [0.2, 0.25) is 0 Å². The second-order valence-corrected chi connectivity index (χ2v) is 6.52. The third kappa shape index (κ3) is 5.37. The molecule has 0 fully saturated rings. The van der Waals surface area contributed by atoms with Gasteiger partial charge in [-0.3, -0.25) is 0 Å². The van der Waals surface area contributed by atoms with E-state index >= 15 is 0 Å². The molecule has 0 aliphatic carbocycles. The summed E-state index contributed by atoms with van der Waals surface area (Å²) in [4.78, 5) is 8.42. The Hall–Kier alpha value is -3.23. The van der Waals surface area contributed by atoms with Gasteiger partial charge >= 0.3 is 0 Å². The maximum absolute atomic E-state index is 14.3. The van der Waals surface area contributed by atoms with E-state index in [0.717, 1.165) is 5.56 Å². The van der Waals surface area contributed by atoms with Gasteiger partial charge in [0.15, 0.2) is 17.4 Å². The van der Waals surface area contributed by atoms with Crippen molar-refractivity contribution >= 4 is 0 Å². The first-order valence-corrected chi connectivity index (χ1v) is 8.45. The van der Waals surface area contributed by atoms with Gasteiger partial charge in [-0.25, -0.2) is 14.4 Å². The second-order valence-electron chi connectivity index (χ2n) is 6.52. The van der Waals surface area contributed by atoms with Gasteiger partial charge in [-0.05, 0) is 37.6 Å². The standard InChI is InChI=1S/C22H19FN2O2/c1-22(2,26)11-10-17-13-24-21(25-14-17)18-8-9-20(19(23)12-18)27-15-16-6-4-3-5-7-16/h3-9,12-14,26H,15H2,1-2H3. The van der Waals surface area contributed by atoms with Crippen LogP contribution in [0.5, 0.6) is 5.75 Å². The minimum Gasteiger partial charge on any atom is -0.486 e. The van der Waals surface area contributed by atoms with E-state index in [0.29, 0.717) is 23.6 Å². The first kappa shape index (κ1) is 18.6. The molecule has 3 rings (SSSR count). The highest BCUT2D eigenvalue weighted by atomic mass is 19.1. The molecule has 4 nitrogen and oxygen atoms in total. The minimum atomic E-state index is -1.09. The molecule has 0 saturated carbocycles. The van der Waals surface area contributed by atoms with Crippen LogP contribution in [-0.4, -0.2) is 20.7 Å². The lowest BCUT2D eigenvalue weighted by Crippen LogP contribution is -2.14. The Labute approximate surface area is 157 Å². The van der Waals surface area contributed by atoms with E-state index in [1.807, 2.05) is 30.3 Å². The molecular weight excluding hydrogens is 343 g/mol. The molecule has 0 spiro atoms. The molecule has 0 unspecified atom stereocenters. The van der Waals surface area contributed by atoms with Crippen molar-refractivity contribution in [2.24, 2.45) is 0 Å². The van der Waals surface area contributed by atoms with Crippen LogP contribution in [0.3, 0.4) is 0 Å². The average molecular weight is 362 g/mol. The molecule has 136 valence electrons. The molecule has 0 saturated heterocycles. The summed E-state index contributed by atoms with van der Waals surface area (Å²) in [5.41, 5.74) is 0.995. The Morgan fingerprint density at radius 2 is 1.78 bits per heavy atom. The zero-order valence-electron chi connectivity index (χ0n) is 15.1. The predicted molar refractivity (Wildman–Crippen MR) is 101 cm³/mol. The number of aliphatic hydroxyl groups is 1. The van der Waals surface area contributed by atoms with Crippen molar-refractivity contribution in [2.45, 2.75) is 26.1 Å². The van der Waals surface area contributed by atoms with Crippen LogP contribution in [-0.2, 0) is 6.61 Å². The number of ether oxygens (including phenoxy) is 1. The number of benzene rings is 2. The summed E-state index contributed by atoms with van der Waals surface area (Å²) < 4.78 is 19.9. The van der Waals surface area contributed by atoms with Gasteiger partial charge < -0.3 is 9.84 Å². The minimum absolute atomic E-state index is 0.176. The molecule has 1 heterocycles. The Morgan fingerprint density at radius 1 is 1.07 bits per heavy atom. The molecule has 0 radical (unpaired) electrons. The summed E-state index contributed by atoms with van der Waals surface area (Å²) in [6, 6.07) is 14.2. The summed E-state index contributed by atoms with van der Waals surface area (Å²) in [7, 11) is 0. The average Bonchev–Trinajstić information content (AvgIpc) is 2.66. The molecule has 2 aromatic carbocycles. The van der Waals surface area contributed by atoms with Crippen molar-refractivity contribution in [1.82, 2.24) is 9.97 Å². The Kier molecular flexibility index (Phi) is 5.49. The molecular formula is C22H19FN2O2. The second kappa shape index (κ2) is 7.98. The molecule has 0 atom stereocenters. The molecule has 1 aromatic heterocycles. The molecule has 0 bridgehead atoms. The molecule has 3 aromatic rings. The van der Waals surface area contributed by atoms with Crippen molar-refractivity contribution in [3.63, 3.8) is 0 Å². The quantitative estimate of drug-likeness (QED) is 0.713. The van der Waals surface area contributed by atoms with E-state index in [2.05, 4.69) is 21.8 Å². The van der Waals surface area contributed by atoms with Crippen molar-refractivity contribution in [2.75, 3.05) is 0 Å². The fourth-order valence-electron chi connectivity index (χ4n) is 2.26. The number of nitrogens with zero attached hydrogens (tertiary/aromatic N) is 2. The highest BCUT2D eigenvalue weighted by Gasteiger charge is 2.09. The van der Waals surface area contributed by atoms with E-state index in [1.54, 1.807) is 38.4 Å². The van der Waals surface area contributed by atoms with Gasteiger partial charge in [-0.1, -0.05) is 42.2 Å². The van der Waals surface area contributed by atoms with Crippen molar-refractivity contribution < 1.29 is 14.2 Å². The maximum atomic E-state index is 14.3. The Bertz CT molecular complexity index is 969. The summed E-state index contributed by atoms with van der Waals surface area (Å²) in [5, 5.41) is 9.62. The summed E-state index contributed by atoms with van der Waals surface area (Å²) in [5.74, 6) is 5.58. The third-order valence-corrected chi connectivity index (χ3v) is 3.59. The molecule has 5 heteroatoms. The van der Waals surface area contributed by atoms with E-state index in [1.165, 1.54) is 6.07 Å². The topological polar surface area (TPSA) is 55.2 Å². The number of hydrogen-bond acceptors (Lipinski definition) is 4. The number of hydrogen-bond donors (Lipinski definition) is 1. The van der Waals surface area contributed by atoms with Crippen LogP contribution in [0.4, 0.5) is 4.39 Å². The normalized spacial score (nSPS) is 10.8. The van der Waals surface area contributed by atoms with Gasteiger partial charge in [0, 0.05) is 18.0 Å². The van der Waals surface area contributed by atoms with Gasteiger partial charge in [-0.2, -0.15) is 0 Å².